The van der Waals surface area contributed by atoms with Crippen molar-refractivity contribution < 1.29 is 4.74 Å². The summed E-state index contributed by atoms with van der Waals surface area (Å²) in [5, 5.41) is 3.29. The lowest BCUT2D eigenvalue weighted by Gasteiger charge is -2.15. The van der Waals surface area contributed by atoms with Crippen LogP contribution in [0.3, 0.4) is 0 Å². The molecule has 1 unspecified atom stereocenters. The maximum Gasteiger partial charge on any atom is 0.138 e. The summed E-state index contributed by atoms with van der Waals surface area (Å²) in [6.07, 6.45) is 7.61. The van der Waals surface area contributed by atoms with E-state index < -0.39 is 0 Å². The van der Waals surface area contributed by atoms with Crippen molar-refractivity contribution in [2.45, 2.75) is 31.8 Å². The normalized spacial score (nSPS) is 15.7. The van der Waals surface area contributed by atoms with Gasteiger partial charge in [0.15, 0.2) is 0 Å². The highest BCUT2D eigenvalue weighted by Crippen LogP contribution is 2.39. The van der Waals surface area contributed by atoms with Gasteiger partial charge in [0.1, 0.15) is 24.0 Å². The standard InChI is InChI=1S/C15H18N4O/c1-11(20-13-3-2-6-16-9-13)8-17-15-7-14(12-4-5-12)18-10-19-15/h2-3,6-7,9-12H,4-5,8H2,1H3,(H,17,18,19). The van der Waals surface area contributed by atoms with Gasteiger partial charge in [-0.05, 0) is 31.9 Å². The molecule has 0 saturated heterocycles. The lowest BCUT2D eigenvalue weighted by molar-refractivity contribution is 0.234. The van der Waals surface area contributed by atoms with Crippen molar-refractivity contribution in [3.05, 3.63) is 42.6 Å². The van der Waals surface area contributed by atoms with Crippen LogP contribution in [0.4, 0.5) is 5.82 Å². The van der Waals surface area contributed by atoms with Gasteiger partial charge in [0.25, 0.3) is 0 Å². The smallest absolute Gasteiger partial charge is 0.138 e. The first-order valence-electron chi connectivity index (χ1n) is 6.94. The fourth-order valence-corrected chi connectivity index (χ4v) is 2.01. The van der Waals surface area contributed by atoms with Crippen LogP contribution in [-0.2, 0) is 0 Å². The second-order valence-corrected chi connectivity index (χ2v) is 5.10. The molecule has 1 saturated carbocycles. The summed E-state index contributed by atoms with van der Waals surface area (Å²) in [5.74, 6) is 2.29. The van der Waals surface area contributed by atoms with E-state index in [4.69, 9.17) is 4.74 Å². The number of nitrogens with one attached hydrogen (secondary N) is 1. The van der Waals surface area contributed by atoms with Crippen LogP contribution in [0.5, 0.6) is 5.75 Å². The Morgan fingerprint density at radius 2 is 2.30 bits per heavy atom. The van der Waals surface area contributed by atoms with Crippen LogP contribution in [-0.4, -0.2) is 27.6 Å². The van der Waals surface area contributed by atoms with Crippen molar-refractivity contribution in [3.8, 4) is 5.75 Å². The van der Waals surface area contributed by atoms with E-state index in [1.165, 1.54) is 12.8 Å². The van der Waals surface area contributed by atoms with Gasteiger partial charge < -0.3 is 10.1 Å². The fourth-order valence-electron chi connectivity index (χ4n) is 2.01. The summed E-state index contributed by atoms with van der Waals surface area (Å²) in [6.45, 7) is 2.71. The van der Waals surface area contributed by atoms with E-state index in [1.807, 2.05) is 25.1 Å². The van der Waals surface area contributed by atoms with Gasteiger partial charge in [0, 0.05) is 23.9 Å². The van der Waals surface area contributed by atoms with Gasteiger partial charge in [-0.1, -0.05) is 0 Å². The second-order valence-electron chi connectivity index (χ2n) is 5.10. The van der Waals surface area contributed by atoms with Gasteiger partial charge in [-0.2, -0.15) is 0 Å². The van der Waals surface area contributed by atoms with Crippen molar-refractivity contribution in [2.75, 3.05) is 11.9 Å². The first kappa shape index (κ1) is 12.8. The molecule has 1 aliphatic rings. The topological polar surface area (TPSA) is 59.9 Å². The van der Waals surface area contributed by atoms with E-state index in [0.29, 0.717) is 12.5 Å². The van der Waals surface area contributed by atoms with Gasteiger partial charge in [0.2, 0.25) is 0 Å². The van der Waals surface area contributed by atoms with E-state index in [1.54, 1.807) is 18.7 Å². The van der Waals surface area contributed by atoms with E-state index in [0.717, 1.165) is 17.3 Å². The molecule has 0 aliphatic heterocycles. The van der Waals surface area contributed by atoms with Crippen LogP contribution in [0.15, 0.2) is 36.9 Å². The fraction of sp³-hybridized carbons (Fsp3) is 0.400. The van der Waals surface area contributed by atoms with E-state index in [2.05, 4.69) is 20.3 Å². The summed E-state index contributed by atoms with van der Waals surface area (Å²) in [6, 6.07) is 5.80. The van der Waals surface area contributed by atoms with Crippen molar-refractivity contribution in [1.82, 2.24) is 15.0 Å². The summed E-state index contributed by atoms with van der Waals surface area (Å²) in [4.78, 5) is 12.6. The van der Waals surface area contributed by atoms with Crippen LogP contribution in [0.1, 0.15) is 31.4 Å². The number of rotatable bonds is 6. The Balaban J connectivity index is 1.52. The van der Waals surface area contributed by atoms with Crippen LogP contribution in [0.25, 0.3) is 0 Å². The zero-order valence-electron chi connectivity index (χ0n) is 11.5. The predicted octanol–water partition coefficient (Wildman–Crippen LogP) is 2.63. The molecule has 104 valence electrons. The summed E-state index contributed by atoms with van der Waals surface area (Å²) < 4.78 is 5.76. The number of anilines is 1. The lowest BCUT2D eigenvalue weighted by Crippen LogP contribution is -2.23. The first-order chi connectivity index (χ1) is 9.81. The van der Waals surface area contributed by atoms with Gasteiger partial charge in [-0.3, -0.25) is 4.98 Å². The molecule has 2 aromatic heterocycles. The number of pyridine rings is 1. The Labute approximate surface area is 118 Å². The quantitative estimate of drug-likeness (QED) is 0.874. The minimum atomic E-state index is 0.0403. The molecule has 5 nitrogen and oxygen atoms in total. The highest BCUT2D eigenvalue weighted by atomic mass is 16.5. The number of aromatic nitrogens is 3. The summed E-state index contributed by atoms with van der Waals surface area (Å²) >= 11 is 0. The second kappa shape index (κ2) is 5.86. The van der Waals surface area contributed by atoms with Gasteiger partial charge in [0.05, 0.1) is 12.7 Å². The number of nitrogens with zero attached hydrogens (tertiary/aromatic N) is 3. The monoisotopic (exact) mass is 270 g/mol. The molecule has 3 rings (SSSR count). The third kappa shape index (κ3) is 3.44. The zero-order valence-corrected chi connectivity index (χ0v) is 11.5. The summed E-state index contributed by atoms with van der Waals surface area (Å²) in [5.41, 5.74) is 1.14. The van der Waals surface area contributed by atoms with E-state index in [-0.39, 0.29) is 6.10 Å². The van der Waals surface area contributed by atoms with E-state index in [9.17, 15) is 0 Å². The average molecular weight is 270 g/mol. The Kier molecular flexibility index (Phi) is 3.76. The maximum atomic E-state index is 5.76. The molecule has 5 heteroatoms. The minimum Gasteiger partial charge on any atom is -0.487 e. The van der Waals surface area contributed by atoms with Crippen LogP contribution < -0.4 is 10.1 Å². The third-order valence-corrected chi connectivity index (χ3v) is 3.23. The molecular formula is C15H18N4O. The molecule has 0 bridgehead atoms. The van der Waals surface area contributed by atoms with Gasteiger partial charge >= 0.3 is 0 Å². The Morgan fingerprint density at radius 1 is 1.40 bits per heavy atom. The molecule has 0 aromatic carbocycles. The van der Waals surface area contributed by atoms with Crippen molar-refractivity contribution >= 4 is 5.82 Å². The number of hydrogen-bond donors (Lipinski definition) is 1. The molecule has 1 aliphatic carbocycles. The minimum absolute atomic E-state index is 0.0403. The molecule has 0 amide bonds. The molecular weight excluding hydrogens is 252 g/mol. The number of hydrogen-bond acceptors (Lipinski definition) is 5. The zero-order chi connectivity index (χ0) is 13.8. The lowest BCUT2D eigenvalue weighted by atomic mass is 10.3. The third-order valence-electron chi connectivity index (χ3n) is 3.23. The molecule has 2 heterocycles. The largest absolute Gasteiger partial charge is 0.487 e. The first-order valence-corrected chi connectivity index (χ1v) is 6.94. The van der Waals surface area contributed by atoms with Crippen molar-refractivity contribution in [3.63, 3.8) is 0 Å². The molecule has 1 fully saturated rings. The highest BCUT2D eigenvalue weighted by molar-refractivity contribution is 5.37. The van der Waals surface area contributed by atoms with Crippen LogP contribution in [0, 0.1) is 0 Å². The van der Waals surface area contributed by atoms with E-state index >= 15 is 0 Å². The predicted molar refractivity (Wildman–Crippen MR) is 76.8 cm³/mol. The van der Waals surface area contributed by atoms with Crippen molar-refractivity contribution in [1.29, 1.82) is 0 Å². The molecule has 1 N–H and O–H groups in total. The maximum absolute atomic E-state index is 5.76. The molecule has 1 atom stereocenters. The number of ether oxygens (including phenoxy) is 1. The average Bonchev–Trinajstić information content (AvgIpc) is 3.31. The molecule has 0 radical (unpaired) electrons. The van der Waals surface area contributed by atoms with Crippen molar-refractivity contribution in [2.24, 2.45) is 0 Å². The summed E-state index contributed by atoms with van der Waals surface area (Å²) in [7, 11) is 0. The Hall–Kier alpha value is -2.17. The molecule has 2 aromatic rings. The molecule has 0 spiro atoms. The molecule has 20 heavy (non-hydrogen) atoms. The Bertz CT molecular complexity index is 557. The highest BCUT2D eigenvalue weighted by Gasteiger charge is 2.25. The van der Waals surface area contributed by atoms with Crippen LogP contribution in [0.2, 0.25) is 0 Å². The van der Waals surface area contributed by atoms with Crippen LogP contribution >= 0.6 is 0 Å². The van der Waals surface area contributed by atoms with Gasteiger partial charge in [-0.15, -0.1) is 0 Å². The SMILES string of the molecule is CC(CNc1cc(C2CC2)ncn1)Oc1cccnc1. The van der Waals surface area contributed by atoms with Gasteiger partial charge in [-0.25, -0.2) is 9.97 Å². The Morgan fingerprint density at radius 3 is 3.05 bits per heavy atom.